The molecule has 0 bridgehead atoms. The van der Waals surface area contributed by atoms with Crippen LogP contribution in [0.4, 0.5) is 0 Å². The van der Waals surface area contributed by atoms with E-state index in [1.54, 1.807) is 14.2 Å². The van der Waals surface area contributed by atoms with Crippen molar-refractivity contribution in [3.05, 3.63) is 59.2 Å². The van der Waals surface area contributed by atoms with E-state index in [9.17, 15) is 0 Å². The average Bonchev–Trinajstić information content (AvgIpc) is 2.79. The average molecular weight is 411 g/mol. The van der Waals surface area contributed by atoms with E-state index in [1.165, 1.54) is 43.5 Å². The summed E-state index contributed by atoms with van der Waals surface area (Å²) in [4.78, 5) is 7.00. The van der Waals surface area contributed by atoms with Gasteiger partial charge in [0, 0.05) is 13.1 Å². The van der Waals surface area contributed by atoms with Crippen molar-refractivity contribution in [3.63, 3.8) is 0 Å². The molecule has 3 N–H and O–H groups in total. The maximum absolute atomic E-state index is 6.03. The van der Waals surface area contributed by atoms with Gasteiger partial charge in [0.1, 0.15) is 0 Å². The number of benzene rings is 2. The zero-order valence-corrected chi connectivity index (χ0v) is 18.2. The quantitative estimate of drug-likeness (QED) is 0.490. The Balaban J connectivity index is 1.42. The molecule has 0 amide bonds. The lowest BCUT2D eigenvalue weighted by molar-refractivity contribution is 0.221. The van der Waals surface area contributed by atoms with Crippen LogP contribution in [0.5, 0.6) is 11.5 Å². The molecule has 0 radical (unpaired) electrons. The second-order valence-electron chi connectivity index (χ2n) is 7.72. The van der Waals surface area contributed by atoms with Crippen molar-refractivity contribution in [2.24, 2.45) is 10.7 Å². The Hall–Kier alpha value is -2.73. The Morgan fingerprint density at radius 3 is 2.30 bits per heavy atom. The summed E-state index contributed by atoms with van der Waals surface area (Å²) in [5.41, 5.74) is 9.71. The zero-order chi connectivity index (χ0) is 21.2. The number of hydrogen-bond donors (Lipinski definition) is 2. The molecule has 1 aliphatic heterocycles. The number of ether oxygens (including phenoxy) is 2. The molecule has 3 rings (SSSR count). The minimum Gasteiger partial charge on any atom is -0.493 e. The van der Waals surface area contributed by atoms with Gasteiger partial charge in [-0.05, 0) is 61.2 Å². The number of aliphatic imine (C=N–C) groups is 1. The molecule has 1 fully saturated rings. The third kappa shape index (κ3) is 6.66. The maximum atomic E-state index is 6.03. The Morgan fingerprint density at radius 2 is 1.60 bits per heavy atom. The number of nitrogens with one attached hydrogen (secondary N) is 1. The lowest BCUT2D eigenvalue weighted by Crippen LogP contribution is -2.33. The van der Waals surface area contributed by atoms with Crippen LogP contribution in [-0.4, -0.2) is 44.7 Å². The Bertz CT molecular complexity index is 814. The van der Waals surface area contributed by atoms with Gasteiger partial charge in [-0.15, -0.1) is 0 Å². The van der Waals surface area contributed by atoms with Crippen LogP contribution < -0.4 is 20.5 Å². The van der Waals surface area contributed by atoms with Gasteiger partial charge in [-0.2, -0.15) is 0 Å². The molecule has 0 spiro atoms. The molecule has 2 aromatic carbocycles. The first-order valence-corrected chi connectivity index (χ1v) is 10.7. The highest BCUT2D eigenvalue weighted by Gasteiger charge is 2.10. The van der Waals surface area contributed by atoms with Gasteiger partial charge in [-0.3, -0.25) is 4.90 Å². The number of piperidine rings is 1. The first-order chi connectivity index (χ1) is 14.7. The summed E-state index contributed by atoms with van der Waals surface area (Å²) in [6.07, 6.45) is 4.84. The van der Waals surface area contributed by atoms with Gasteiger partial charge in [0.25, 0.3) is 0 Å². The van der Waals surface area contributed by atoms with Gasteiger partial charge in [-0.25, -0.2) is 4.99 Å². The van der Waals surface area contributed by atoms with Crippen molar-refractivity contribution >= 4 is 5.96 Å². The van der Waals surface area contributed by atoms with Crippen LogP contribution in [0.2, 0.25) is 0 Å². The Kier molecular flexibility index (Phi) is 8.39. The van der Waals surface area contributed by atoms with Crippen LogP contribution in [0, 0.1) is 0 Å². The van der Waals surface area contributed by atoms with E-state index >= 15 is 0 Å². The predicted octanol–water partition coefficient (Wildman–Crippen LogP) is 3.34. The van der Waals surface area contributed by atoms with Crippen molar-refractivity contribution in [2.75, 3.05) is 33.9 Å². The molecule has 0 saturated carbocycles. The van der Waals surface area contributed by atoms with Crippen LogP contribution in [0.15, 0.2) is 47.5 Å². The Labute approximate surface area is 180 Å². The summed E-state index contributed by atoms with van der Waals surface area (Å²) in [6.45, 7) is 4.78. The number of rotatable bonds is 9. The van der Waals surface area contributed by atoms with Crippen molar-refractivity contribution in [1.29, 1.82) is 0 Å². The summed E-state index contributed by atoms with van der Waals surface area (Å²) >= 11 is 0. The molecule has 1 heterocycles. The van der Waals surface area contributed by atoms with Crippen LogP contribution in [-0.2, 0) is 19.5 Å². The number of nitrogens with zero attached hydrogens (tertiary/aromatic N) is 2. The van der Waals surface area contributed by atoms with E-state index in [0.717, 1.165) is 30.0 Å². The normalized spacial score (nSPS) is 15.1. The van der Waals surface area contributed by atoms with Crippen LogP contribution in [0.25, 0.3) is 0 Å². The number of hydrogen-bond acceptors (Lipinski definition) is 4. The van der Waals surface area contributed by atoms with Crippen LogP contribution >= 0.6 is 0 Å². The highest BCUT2D eigenvalue weighted by atomic mass is 16.5. The molecule has 162 valence electrons. The topological polar surface area (TPSA) is 72.1 Å². The molecular formula is C24H34N4O2. The van der Waals surface area contributed by atoms with Gasteiger partial charge in [-0.1, -0.05) is 36.8 Å². The summed E-state index contributed by atoms with van der Waals surface area (Å²) in [5.74, 6) is 1.94. The molecule has 6 heteroatoms. The molecule has 0 unspecified atom stereocenters. The van der Waals surface area contributed by atoms with Crippen LogP contribution in [0.3, 0.4) is 0 Å². The molecular weight excluding hydrogens is 376 g/mol. The summed E-state index contributed by atoms with van der Waals surface area (Å²) < 4.78 is 10.6. The molecule has 1 saturated heterocycles. The van der Waals surface area contributed by atoms with Crippen LogP contribution in [0.1, 0.15) is 36.0 Å². The van der Waals surface area contributed by atoms with Gasteiger partial charge < -0.3 is 20.5 Å². The van der Waals surface area contributed by atoms with E-state index in [4.69, 9.17) is 15.2 Å². The Morgan fingerprint density at radius 1 is 0.933 bits per heavy atom. The fourth-order valence-electron chi connectivity index (χ4n) is 3.73. The second-order valence-corrected chi connectivity index (χ2v) is 7.72. The van der Waals surface area contributed by atoms with Crippen molar-refractivity contribution in [3.8, 4) is 11.5 Å². The molecule has 6 nitrogen and oxygen atoms in total. The fourth-order valence-corrected chi connectivity index (χ4v) is 3.73. The third-order valence-corrected chi connectivity index (χ3v) is 5.48. The SMILES string of the molecule is COc1ccc(CCNC(N)=NCc2ccc(CN3CCCCC3)cc2)cc1OC. The molecule has 30 heavy (non-hydrogen) atoms. The van der Waals surface area contributed by atoms with E-state index < -0.39 is 0 Å². The lowest BCUT2D eigenvalue weighted by atomic mass is 10.1. The third-order valence-electron chi connectivity index (χ3n) is 5.48. The van der Waals surface area contributed by atoms with E-state index in [2.05, 4.69) is 39.5 Å². The minimum absolute atomic E-state index is 0.466. The van der Waals surface area contributed by atoms with Crippen molar-refractivity contribution < 1.29 is 9.47 Å². The molecule has 0 aromatic heterocycles. The first-order valence-electron chi connectivity index (χ1n) is 10.7. The smallest absolute Gasteiger partial charge is 0.188 e. The van der Waals surface area contributed by atoms with E-state index in [-0.39, 0.29) is 0 Å². The highest BCUT2D eigenvalue weighted by Crippen LogP contribution is 2.27. The summed E-state index contributed by atoms with van der Waals surface area (Å²) in [5, 5.41) is 3.18. The molecule has 2 aromatic rings. The van der Waals surface area contributed by atoms with Crippen molar-refractivity contribution in [1.82, 2.24) is 10.2 Å². The highest BCUT2D eigenvalue weighted by molar-refractivity contribution is 5.77. The van der Waals surface area contributed by atoms with E-state index in [1.807, 2.05) is 18.2 Å². The van der Waals surface area contributed by atoms with Gasteiger partial charge in [0.15, 0.2) is 17.5 Å². The number of methoxy groups -OCH3 is 2. The predicted molar refractivity (Wildman–Crippen MR) is 122 cm³/mol. The minimum atomic E-state index is 0.466. The largest absolute Gasteiger partial charge is 0.493 e. The van der Waals surface area contributed by atoms with Gasteiger partial charge in [0.05, 0.1) is 20.8 Å². The van der Waals surface area contributed by atoms with Gasteiger partial charge >= 0.3 is 0 Å². The monoisotopic (exact) mass is 410 g/mol. The number of likely N-dealkylation sites (tertiary alicyclic amines) is 1. The van der Waals surface area contributed by atoms with Crippen molar-refractivity contribution in [2.45, 2.75) is 38.8 Å². The molecule has 0 aliphatic carbocycles. The van der Waals surface area contributed by atoms with E-state index in [0.29, 0.717) is 19.0 Å². The fraction of sp³-hybridized carbons (Fsp3) is 0.458. The maximum Gasteiger partial charge on any atom is 0.188 e. The molecule has 1 aliphatic rings. The van der Waals surface area contributed by atoms with Gasteiger partial charge in [0.2, 0.25) is 0 Å². The standard InChI is InChI=1S/C24H34N4O2/c1-29-22-11-10-19(16-23(22)30-2)12-13-26-24(25)27-17-20-6-8-21(9-7-20)18-28-14-4-3-5-15-28/h6-11,16H,3-5,12-15,17-18H2,1-2H3,(H3,25,26,27). The summed E-state index contributed by atoms with van der Waals surface area (Å²) in [6, 6.07) is 14.7. The first kappa shape index (κ1) is 22.0. The second kappa shape index (κ2) is 11.5. The number of guanidine groups is 1. The molecule has 0 atom stereocenters. The summed E-state index contributed by atoms with van der Waals surface area (Å²) in [7, 11) is 3.28. The zero-order valence-electron chi connectivity index (χ0n) is 18.2. The number of nitrogens with two attached hydrogens (primary N) is 1. The lowest BCUT2D eigenvalue weighted by Gasteiger charge is -2.26.